The van der Waals surface area contributed by atoms with Crippen molar-refractivity contribution in [3.05, 3.63) is 47.5 Å². The van der Waals surface area contributed by atoms with E-state index in [9.17, 15) is 9.59 Å². The third-order valence-electron chi connectivity index (χ3n) is 3.82. The summed E-state index contributed by atoms with van der Waals surface area (Å²) < 4.78 is 9.94. The second-order valence-corrected chi connectivity index (χ2v) is 5.40. The lowest BCUT2D eigenvalue weighted by Gasteiger charge is -2.32. The molecule has 0 bridgehead atoms. The maximum absolute atomic E-state index is 12.3. The monoisotopic (exact) mass is 343 g/mol. The summed E-state index contributed by atoms with van der Waals surface area (Å²) in [6.07, 6.45) is 3.08. The SMILES string of the molecule is CCOC(=O)NN(C(=O)OCC)[C@H]1CC=CC1c1cccc(C#N)c1. The molecule has 1 N–H and O–H groups in total. The molecule has 7 nitrogen and oxygen atoms in total. The summed E-state index contributed by atoms with van der Waals surface area (Å²) in [6.45, 7) is 3.76. The Kier molecular flexibility index (Phi) is 6.40. The fraction of sp³-hybridized carbons (Fsp3) is 0.389. The van der Waals surface area contributed by atoms with Crippen molar-refractivity contribution in [1.29, 1.82) is 5.26 Å². The van der Waals surface area contributed by atoms with Crippen LogP contribution in [-0.4, -0.2) is 36.5 Å². The van der Waals surface area contributed by atoms with E-state index in [4.69, 9.17) is 14.7 Å². The second kappa shape index (κ2) is 8.73. The molecule has 1 aliphatic carbocycles. The van der Waals surface area contributed by atoms with Crippen molar-refractivity contribution in [2.45, 2.75) is 32.2 Å². The Morgan fingerprint density at radius 2 is 2.08 bits per heavy atom. The Balaban J connectivity index is 2.26. The zero-order valence-corrected chi connectivity index (χ0v) is 14.3. The van der Waals surface area contributed by atoms with Gasteiger partial charge in [0.2, 0.25) is 0 Å². The zero-order chi connectivity index (χ0) is 18.2. The molecular weight excluding hydrogens is 322 g/mol. The quantitative estimate of drug-likeness (QED) is 0.670. The standard InChI is InChI=1S/C18H21N3O4/c1-3-24-17(22)20-21(18(23)25-4-2)16-10-6-9-15(16)14-8-5-7-13(11-14)12-19/h5-9,11,15-16H,3-4,10H2,1-2H3,(H,20,22)/t15?,16-/m0/s1. The first-order chi connectivity index (χ1) is 12.1. The molecule has 0 spiro atoms. The molecule has 25 heavy (non-hydrogen) atoms. The van der Waals surface area contributed by atoms with Crippen LogP contribution in [0.3, 0.4) is 0 Å². The maximum atomic E-state index is 12.3. The largest absolute Gasteiger partial charge is 0.449 e. The fourth-order valence-electron chi connectivity index (χ4n) is 2.77. The van der Waals surface area contributed by atoms with Gasteiger partial charge in [-0.05, 0) is 38.0 Å². The Morgan fingerprint density at radius 1 is 1.32 bits per heavy atom. The molecule has 0 radical (unpaired) electrons. The van der Waals surface area contributed by atoms with Gasteiger partial charge in [-0.2, -0.15) is 5.26 Å². The van der Waals surface area contributed by atoms with E-state index in [1.54, 1.807) is 32.0 Å². The van der Waals surface area contributed by atoms with Gasteiger partial charge in [-0.15, -0.1) is 0 Å². The van der Waals surface area contributed by atoms with Crippen LogP contribution in [0.2, 0.25) is 0 Å². The molecule has 2 amide bonds. The van der Waals surface area contributed by atoms with Crippen LogP contribution in [0.4, 0.5) is 9.59 Å². The normalized spacial score (nSPS) is 18.3. The van der Waals surface area contributed by atoms with Crippen LogP contribution in [-0.2, 0) is 9.47 Å². The third-order valence-corrected chi connectivity index (χ3v) is 3.82. The Morgan fingerprint density at radius 3 is 2.76 bits per heavy atom. The van der Waals surface area contributed by atoms with E-state index in [0.29, 0.717) is 12.0 Å². The summed E-state index contributed by atoms with van der Waals surface area (Å²) in [6, 6.07) is 8.93. The summed E-state index contributed by atoms with van der Waals surface area (Å²) in [7, 11) is 0. The number of rotatable bonds is 4. The highest BCUT2D eigenvalue weighted by Crippen LogP contribution is 2.32. The van der Waals surface area contributed by atoms with E-state index < -0.39 is 12.2 Å². The number of hydrogen-bond acceptors (Lipinski definition) is 5. The van der Waals surface area contributed by atoms with Crippen LogP contribution in [0.5, 0.6) is 0 Å². The predicted octanol–water partition coefficient (Wildman–Crippen LogP) is 3.09. The highest BCUT2D eigenvalue weighted by molar-refractivity contribution is 5.74. The Labute approximate surface area is 146 Å². The highest BCUT2D eigenvalue weighted by Gasteiger charge is 2.35. The van der Waals surface area contributed by atoms with E-state index in [1.807, 2.05) is 18.2 Å². The van der Waals surface area contributed by atoms with E-state index in [2.05, 4.69) is 11.5 Å². The first-order valence-corrected chi connectivity index (χ1v) is 8.16. The molecule has 0 saturated carbocycles. The molecule has 0 aliphatic heterocycles. The first kappa shape index (κ1) is 18.3. The third kappa shape index (κ3) is 4.51. The molecule has 1 aromatic rings. The van der Waals surface area contributed by atoms with Gasteiger partial charge in [0.25, 0.3) is 0 Å². The van der Waals surface area contributed by atoms with Gasteiger partial charge in [0.05, 0.1) is 30.9 Å². The number of nitrogens with zero attached hydrogens (tertiary/aromatic N) is 2. The lowest BCUT2D eigenvalue weighted by Crippen LogP contribution is -2.53. The van der Waals surface area contributed by atoms with Crippen LogP contribution in [0, 0.1) is 11.3 Å². The van der Waals surface area contributed by atoms with Gasteiger partial charge in [0.1, 0.15) is 0 Å². The minimum atomic E-state index is -0.716. The number of nitriles is 1. The fourth-order valence-corrected chi connectivity index (χ4v) is 2.77. The van der Waals surface area contributed by atoms with Crippen molar-refractivity contribution in [3.63, 3.8) is 0 Å². The van der Waals surface area contributed by atoms with Crippen LogP contribution in [0.15, 0.2) is 36.4 Å². The number of nitrogens with one attached hydrogen (secondary N) is 1. The molecule has 0 aromatic heterocycles. The molecule has 132 valence electrons. The molecule has 0 heterocycles. The summed E-state index contributed by atoms with van der Waals surface area (Å²) >= 11 is 0. The average molecular weight is 343 g/mol. The number of carbonyl (C=O) groups excluding carboxylic acids is 2. The van der Waals surface area contributed by atoms with Gasteiger partial charge < -0.3 is 9.47 Å². The Bertz CT molecular complexity index is 696. The number of amides is 2. The van der Waals surface area contributed by atoms with Crippen molar-refractivity contribution in [2.75, 3.05) is 13.2 Å². The van der Waals surface area contributed by atoms with Gasteiger partial charge in [0.15, 0.2) is 0 Å². The molecule has 0 fully saturated rings. The van der Waals surface area contributed by atoms with Gasteiger partial charge in [-0.3, -0.25) is 0 Å². The number of ether oxygens (including phenoxy) is 2. The van der Waals surface area contributed by atoms with Gasteiger partial charge in [-0.1, -0.05) is 24.3 Å². The van der Waals surface area contributed by atoms with Crippen molar-refractivity contribution >= 4 is 12.2 Å². The second-order valence-electron chi connectivity index (χ2n) is 5.40. The lowest BCUT2D eigenvalue weighted by molar-refractivity contribution is 0.0541. The summed E-state index contributed by atoms with van der Waals surface area (Å²) in [5, 5.41) is 10.3. The van der Waals surface area contributed by atoms with E-state index >= 15 is 0 Å². The lowest BCUT2D eigenvalue weighted by atomic mass is 9.93. The molecule has 1 aromatic carbocycles. The summed E-state index contributed by atoms with van der Waals surface area (Å²) in [5.74, 6) is -0.167. The minimum absolute atomic E-state index is 0.167. The molecule has 2 atom stereocenters. The average Bonchev–Trinajstić information content (AvgIpc) is 3.09. The molecule has 1 aliphatic rings. The predicted molar refractivity (Wildman–Crippen MR) is 90.5 cm³/mol. The van der Waals surface area contributed by atoms with Crippen molar-refractivity contribution < 1.29 is 19.1 Å². The van der Waals surface area contributed by atoms with Crippen LogP contribution < -0.4 is 5.43 Å². The van der Waals surface area contributed by atoms with Crippen molar-refractivity contribution in [1.82, 2.24) is 10.4 Å². The van der Waals surface area contributed by atoms with E-state index in [1.165, 1.54) is 5.01 Å². The molecular formula is C18H21N3O4. The van der Waals surface area contributed by atoms with Gasteiger partial charge in [-0.25, -0.2) is 20.0 Å². The number of hydrazine groups is 1. The molecule has 0 saturated heterocycles. The molecule has 1 unspecified atom stereocenters. The first-order valence-electron chi connectivity index (χ1n) is 8.16. The maximum Gasteiger partial charge on any atom is 0.429 e. The van der Waals surface area contributed by atoms with Crippen molar-refractivity contribution in [2.24, 2.45) is 0 Å². The number of hydrogen-bond donors (Lipinski definition) is 1. The zero-order valence-electron chi connectivity index (χ0n) is 14.3. The van der Waals surface area contributed by atoms with Crippen LogP contribution >= 0.6 is 0 Å². The summed E-state index contributed by atoms with van der Waals surface area (Å²) in [5.41, 5.74) is 3.89. The number of benzene rings is 1. The van der Waals surface area contributed by atoms with Crippen molar-refractivity contribution in [3.8, 4) is 6.07 Å². The highest BCUT2D eigenvalue weighted by atomic mass is 16.6. The van der Waals surface area contributed by atoms with E-state index in [0.717, 1.165) is 5.56 Å². The smallest absolute Gasteiger partial charge is 0.429 e. The topological polar surface area (TPSA) is 91.7 Å². The molecule has 7 heteroatoms. The minimum Gasteiger partial charge on any atom is -0.449 e. The Hall–Kier alpha value is -3.01. The van der Waals surface area contributed by atoms with Gasteiger partial charge >= 0.3 is 12.2 Å². The van der Waals surface area contributed by atoms with Gasteiger partial charge in [0, 0.05) is 5.92 Å². The van der Waals surface area contributed by atoms with E-state index in [-0.39, 0.29) is 25.2 Å². The van der Waals surface area contributed by atoms with Crippen LogP contribution in [0.25, 0.3) is 0 Å². The number of carbonyl (C=O) groups is 2. The summed E-state index contributed by atoms with van der Waals surface area (Å²) in [4.78, 5) is 24.1. The molecule has 2 rings (SSSR count). The van der Waals surface area contributed by atoms with Crippen LogP contribution in [0.1, 0.15) is 37.3 Å².